The van der Waals surface area contributed by atoms with Crippen molar-refractivity contribution in [3.63, 3.8) is 0 Å². The molecule has 28 heavy (non-hydrogen) atoms. The van der Waals surface area contributed by atoms with E-state index < -0.39 is 10.7 Å². The Hall–Kier alpha value is -3.06. The van der Waals surface area contributed by atoms with E-state index in [1.807, 2.05) is 42.6 Å². The van der Waals surface area contributed by atoms with Gasteiger partial charge in [-0.3, -0.25) is 14.3 Å². The monoisotopic (exact) mass is 392 g/mol. The molecule has 2 aromatic carbocycles. The molecule has 2 heterocycles. The van der Waals surface area contributed by atoms with E-state index in [0.717, 1.165) is 16.1 Å². The molecule has 0 saturated carbocycles. The number of nitrogens with zero attached hydrogens (tertiary/aromatic N) is 2. The number of benzene rings is 2. The van der Waals surface area contributed by atoms with Gasteiger partial charge in [0.2, 0.25) is 5.91 Å². The molecule has 2 amide bonds. The number of hydrogen-bond donors (Lipinski definition) is 2. The molecule has 6 nitrogen and oxygen atoms in total. The minimum atomic E-state index is -1.27. The van der Waals surface area contributed by atoms with Crippen LogP contribution in [0.3, 0.4) is 0 Å². The maximum absolute atomic E-state index is 12.9. The summed E-state index contributed by atoms with van der Waals surface area (Å²) in [7, 11) is 0. The van der Waals surface area contributed by atoms with Crippen molar-refractivity contribution in [2.45, 2.75) is 30.0 Å². The molecule has 0 spiro atoms. The largest absolute Gasteiger partial charge is 0.323 e. The summed E-state index contributed by atoms with van der Waals surface area (Å²) in [6.07, 6.45) is 1.81. The highest BCUT2D eigenvalue weighted by Crippen LogP contribution is 2.42. The van der Waals surface area contributed by atoms with Gasteiger partial charge in [-0.25, -0.2) is 0 Å². The molecule has 0 radical (unpaired) electrons. The zero-order valence-electron chi connectivity index (χ0n) is 15.6. The van der Waals surface area contributed by atoms with Gasteiger partial charge in [0.1, 0.15) is 0 Å². The lowest BCUT2D eigenvalue weighted by Gasteiger charge is -2.31. The second-order valence-corrected chi connectivity index (χ2v) is 8.33. The van der Waals surface area contributed by atoms with Crippen LogP contribution in [0.15, 0.2) is 65.7 Å². The third-order valence-corrected chi connectivity index (χ3v) is 6.15. The van der Waals surface area contributed by atoms with Gasteiger partial charge in [-0.15, -0.1) is 0 Å². The molecular formula is C21H20N4O2S. The molecule has 0 fully saturated rings. The summed E-state index contributed by atoms with van der Waals surface area (Å²) in [4.78, 5) is 26.3. The van der Waals surface area contributed by atoms with Gasteiger partial charge in [-0.1, -0.05) is 48.2 Å². The summed E-state index contributed by atoms with van der Waals surface area (Å²) in [5.41, 5.74) is 3.07. The molecule has 3 aromatic rings. The first kappa shape index (κ1) is 18.3. The van der Waals surface area contributed by atoms with Gasteiger partial charge in [0.15, 0.2) is 10.6 Å². The van der Waals surface area contributed by atoms with Crippen molar-refractivity contribution in [3.05, 3.63) is 71.9 Å². The zero-order chi connectivity index (χ0) is 19.7. The summed E-state index contributed by atoms with van der Waals surface area (Å²) >= 11 is 1.25. The first-order valence-electron chi connectivity index (χ1n) is 8.94. The lowest BCUT2D eigenvalue weighted by atomic mass is 10.1. The highest BCUT2D eigenvalue weighted by molar-refractivity contribution is 8.02. The first-order valence-corrected chi connectivity index (χ1v) is 9.76. The smallest absolute Gasteiger partial charge is 0.251 e. The van der Waals surface area contributed by atoms with E-state index in [-0.39, 0.29) is 5.91 Å². The number of anilines is 2. The summed E-state index contributed by atoms with van der Waals surface area (Å²) < 4.78 is 0.498. The number of amides is 2. The number of thioether (sulfide) groups is 1. The lowest BCUT2D eigenvalue weighted by molar-refractivity contribution is -0.126. The molecule has 2 N–H and O–H groups in total. The van der Waals surface area contributed by atoms with Gasteiger partial charge >= 0.3 is 0 Å². The Morgan fingerprint density at radius 2 is 1.93 bits per heavy atom. The average molecular weight is 392 g/mol. The Bertz CT molecular complexity index is 1060. The third-order valence-electron chi connectivity index (χ3n) is 4.79. The number of nitrogens with one attached hydrogen (secondary N) is 2. The summed E-state index contributed by atoms with van der Waals surface area (Å²) in [6, 6.07) is 17.3. The number of hydrogen-bond acceptors (Lipinski definition) is 4. The molecular weight excluding hydrogens is 372 g/mol. The van der Waals surface area contributed by atoms with E-state index in [9.17, 15) is 9.59 Å². The van der Waals surface area contributed by atoms with Gasteiger partial charge in [0, 0.05) is 17.2 Å². The highest BCUT2D eigenvalue weighted by Gasteiger charge is 2.46. The molecule has 0 aliphatic carbocycles. The molecule has 1 unspecified atom stereocenters. The number of fused-ring (bicyclic) bond motifs is 1. The second kappa shape index (κ2) is 7.16. The Kier molecular flexibility index (Phi) is 4.68. The third kappa shape index (κ3) is 3.41. The topological polar surface area (TPSA) is 76.0 Å². The van der Waals surface area contributed by atoms with Gasteiger partial charge < -0.3 is 10.6 Å². The van der Waals surface area contributed by atoms with E-state index in [1.54, 1.807) is 17.7 Å². The van der Waals surface area contributed by atoms with E-state index in [1.165, 1.54) is 17.3 Å². The van der Waals surface area contributed by atoms with E-state index in [0.29, 0.717) is 12.4 Å². The molecule has 1 atom stereocenters. The van der Waals surface area contributed by atoms with Crippen molar-refractivity contribution in [2.24, 2.45) is 0 Å². The molecule has 1 aliphatic rings. The molecule has 142 valence electrons. The van der Waals surface area contributed by atoms with Gasteiger partial charge in [-0.2, -0.15) is 5.10 Å². The maximum Gasteiger partial charge on any atom is 0.251 e. The summed E-state index contributed by atoms with van der Waals surface area (Å²) in [5, 5.41) is 10.0. The predicted molar refractivity (Wildman–Crippen MR) is 110 cm³/mol. The number of para-hydroxylation sites is 1. The van der Waals surface area contributed by atoms with Crippen LogP contribution in [0.1, 0.15) is 18.1 Å². The minimum Gasteiger partial charge on any atom is -0.323 e. The Morgan fingerprint density at radius 1 is 1.18 bits per heavy atom. The normalized spacial score (nSPS) is 18.3. The Labute approximate surface area is 167 Å². The van der Waals surface area contributed by atoms with Gasteiger partial charge in [0.05, 0.1) is 12.2 Å². The summed E-state index contributed by atoms with van der Waals surface area (Å²) in [5.74, 6) is -0.314. The van der Waals surface area contributed by atoms with Crippen molar-refractivity contribution in [1.82, 2.24) is 9.78 Å². The van der Waals surface area contributed by atoms with Gasteiger partial charge in [0.25, 0.3) is 5.91 Å². The SMILES string of the molecule is Cc1ccccc1Cn1ccc(NC(=O)C2(C)Sc3ccccc3NC2=O)n1. The Morgan fingerprint density at radius 3 is 2.75 bits per heavy atom. The van der Waals surface area contributed by atoms with Crippen LogP contribution >= 0.6 is 11.8 Å². The number of carbonyl (C=O) groups excluding carboxylic acids is 2. The fraction of sp³-hybridized carbons (Fsp3) is 0.190. The maximum atomic E-state index is 12.9. The average Bonchev–Trinajstić information content (AvgIpc) is 3.11. The van der Waals surface area contributed by atoms with Crippen molar-refractivity contribution in [2.75, 3.05) is 10.6 Å². The van der Waals surface area contributed by atoms with E-state index in [4.69, 9.17) is 0 Å². The van der Waals surface area contributed by atoms with Crippen LogP contribution in [-0.2, 0) is 16.1 Å². The van der Waals surface area contributed by atoms with Crippen molar-refractivity contribution >= 4 is 35.1 Å². The highest BCUT2D eigenvalue weighted by atomic mass is 32.2. The zero-order valence-corrected chi connectivity index (χ0v) is 16.4. The molecule has 1 aromatic heterocycles. The van der Waals surface area contributed by atoms with Crippen molar-refractivity contribution in [3.8, 4) is 0 Å². The first-order chi connectivity index (χ1) is 13.5. The minimum absolute atomic E-state index is 0.340. The standard InChI is InChI=1S/C21H20N4O2S/c1-14-7-3-4-8-15(14)13-25-12-11-18(24-25)23-20(27)21(2)19(26)22-16-9-5-6-10-17(16)28-21/h3-12H,13H2,1-2H3,(H,22,26)(H,23,24,27). The number of rotatable bonds is 4. The lowest BCUT2D eigenvalue weighted by Crippen LogP contribution is -2.49. The number of carbonyl (C=O) groups is 2. The van der Waals surface area contributed by atoms with Crippen LogP contribution in [-0.4, -0.2) is 26.3 Å². The molecule has 4 rings (SSSR count). The molecule has 0 bridgehead atoms. The summed E-state index contributed by atoms with van der Waals surface area (Å²) in [6.45, 7) is 4.30. The number of aryl methyl sites for hydroxylation is 1. The van der Waals surface area contributed by atoms with Crippen molar-refractivity contribution < 1.29 is 9.59 Å². The Balaban J connectivity index is 1.49. The number of aromatic nitrogens is 2. The quantitative estimate of drug-likeness (QED) is 0.664. The van der Waals surface area contributed by atoms with E-state index >= 15 is 0 Å². The molecule has 0 saturated heterocycles. The molecule has 7 heteroatoms. The van der Waals surface area contributed by atoms with Crippen LogP contribution in [0.4, 0.5) is 11.5 Å². The van der Waals surface area contributed by atoms with Crippen LogP contribution in [0, 0.1) is 6.92 Å². The van der Waals surface area contributed by atoms with Crippen LogP contribution in [0.5, 0.6) is 0 Å². The van der Waals surface area contributed by atoms with Crippen LogP contribution in [0.2, 0.25) is 0 Å². The van der Waals surface area contributed by atoms with Gasteiger partial charge in [-0.05, 0) is 37.1 Å². The predicted octanol–water partition coefficient (Wildman–Crippen LogP) is 3.68. The van der Waals surface area contributed by atoms with Crippen molar-refractivity contribution in [1.29, 1.82) is 0 Å². The fourth-order valence-electron chi connectivity index (χ4n) is 3.03. The van der Waals surface area contributed by atoms with Crippen LogP contribution in [0.25, 0.3) is 0 Å². The van der Waals surface area contributed by atoms with E-state index in [2.05, 4.69) is 34.8 Å². The molecule has 1 aliphatic heterocycles. The second-order valence-electron chi connectivity index (χ2n) is 6.86. The fourth-order valence-corrected chi connectivity index (χ4v) is 4.13. The van der Waals surface area contributed by atoms with Crippen LogP contribution < -0.4 is 10.6 Å².